The summed E-state index contributed by atoms with van der Waals surface area (Å²) in [5, 5.41) is -0.543. The largest absolute Gasteiger partial charge is 0.248 e. The fraction of sp³-hybridized carbons (Fsp3) is 0.556. The third-order valence-electron chi connectivity index (χ3n) is 2.56. The van der Waals surface area contributed by atoms with Gasteiger partial charge in [0.1, 0.15) is 0 Å². The van der Waals surface area contributed by atoms with E-state index < -0.39 is 24.8 Å². The summed E-state index contributed by atoms with van der Waals surface area (Å²) in [7, 11) is -7.12. The Hall–Kier alpha value is -1.02. The van der Waals surface area contributed by atoms with Crippen molar-refractivity contribution in [3.05, 3.63) is 11.3 Å². The smallest absolute Gasteiger partial charge is 0.223 e. The number of nitrogens with zero attached hydrogens (tertiary/aromatic N) is 2. The molecule has 1 aliphatic carbocycles. The van der Waals surface area contributed by atoms with E-state index in [0.29, 0.717) is 24.1 Å². The second-order valence-electron chi connectivity index (χ2n) is 4.13. The molecule has 1 heterocycles. The van der Waals surface area contributed by atoms with Crippen molar-refractivity contribution in [3.63, 3.8) is 0 Å². The van der Waals surface area contributed by atoms with Crippen LogP contribution in [0.25, 0.3) is 0 Å². The third kappa shape index (κ3) is 2.32. The Morgan fingerprint density at radius 2 is 1.59 bits per heavy atom. The summed E-state index contributed by atoms with van der Waals surface area (Å²) < 4.78 is 46.0. The second-order valence-corrected chi connectivity index (χ2v) is 7.97. The second kappa shape index (κ2) is 3.74. The summed E-state index contributed by atoms with van der Waals surface area (Å²) in [5.74, 6) is 0. The van der Waals surface area contributed by atoms with Gasteiger partial charge in [-0.05, 0) is 19.3 Å². The molecule has 1 aliphatic rings. The number of rotatable bonds is 2. The Labute approximate surface area is 99.9 Å². The van der Waals surface area contributed by atoms with Crippen molar-refractivity contribution >= 4 is 19.7 Å². The molecule has 0 fully saturated rings. The highest BCUT2D eigenvalue weighted by molar-refractivity contribution is 7.91. The zero-order valence-corrected chi connectivity index (χ0v) is 11.1. The van der Waals surface area contributed by atoms with E-state index in [0.717, 1.165) is 18.9 Å². The predicted octanol–water partition coefficient (Wildman–Crippen LogP) is -0.228. The molecule has 0 saturated carbocycles. The van der Waals surface area contributed by atoms with Crippen LogP contribution in [0.3, 0.4) is 0 Å². The molecule has 1 aromatic rings. The lowest BCUT2D eigenvalue weighted by atomic mass is 10.3. The molecule has 6 nitrogen and oxygen atoms in total. The zero-order valence-electron chi connectivity index (χ0n) is 9.47. The number of hydrogen-bond acceptors (Lipinski definition) is 6. The normalized spacial score (nSPS) is 15.9. The first-order valence-electron chi connectivity index (χ1n) is 4.99. The van der Waals surface area contributed by atoms with Gasteiger partial charge in [-0.25, -0.2) is 26.8 Å². The van der Waals surface area contributed by atoms with E-state index in [1.54, 1.807) is 0 Å². The molecule has 1 aromatic heterocycles. The Balaban J connectivity index is 2.80. The molecule has 2 rings (SSSR count). The number of sulfone groups is 2. The van der Waals surface area contributed by atoms with Crippen molar-refractivity contribution in [2.45, 2.75) is 29.4 Å². The van der Waals surface area contributed by atoms with Gasteiger partial charge in [-0.2, -0.15) is 0 Å². The molecular weight excluding hydrogens is 264 g/mol. The van der Waals surface area contributed by atoms with Crippen LogP contribution in [0.1, 0.15) is 17.7 Å². The van der Waals surface area contributed by atoms with E-state index in [1.807, 2.05) is 0 Å². The highest BCUT2D eigenvalue weighted by atomic mass is 32.2. The summed E-state index contributed by atoms with van der Waals surface area (Å²) in [6, 6.07) is 0. The highest BCUT2D eigenvalue weighted by Crippen LogP contribution is 2.26. The number of fused-ring (bicyclic) bond motifs is 1. The molecule has 0 radical (unpaired) electrons. The first-order chi connectivity index (χ1) is 7.69. The van der Waals surface area contributed by atoms with Crippen molar-refractivity contribution in [1.29, 1.82) is 0 Å². The van der Waals surface area contributed by atoms with Gasteiger partial charge in [0.15, 0.2) is 14.9 Å². The molecule has 0 aliphatic heterocycles. The fourth-order valence-electron chi connectivity index (χ4n) is 1.85. The van der Waals surface area contributed by atoms with E-state index >= 15 is 0 Å². The van der Waals surface area contributed by atoms with Crippen molar-refractivity contribution in [1.82, 2.24) is 9.97 Å². The average molecular weight is 276 g/mol. The Morgan fingerprint density at radius 3 is 2.12 bits per heavy atom. The van der Waals surface area contributed by atoms with Gasteiger partial charge >= 0.3 is 0 Å². The van der Waals surface area contributed by atoms with Crippen LogP contribution in [-0.4, -0.2) is 39.3 Å². The van der Waals surface area contributed by atoms with Gasteiger partial charge in [0.2, 0.25) is 15.0 Å². The lowest BCUT2D eigenvalue weighted by Gasteiger charge is -2.07. The molecule has 8 heteroatoms. The average Bonchev–Trinajstić information content (AvgIpc) is 2.59. The monoisotopic (exact) mass is 276 g/mol. The summed E-state index contributed by atoms with van der Waals surface area (Å²) in [6.45, 7) is 0. The van der Waals surface area contributed by atoms with E-state index in [-0.39, 0.29) is 5.03 Å². The number of hydrogen-bond donors (Lipinski definition) is 0. The first-order valence-corrected chi connectivity index (χ1v) is 8.78. The standard InChI is InChI=1S/C9H12N2O4S2/c1-16(12,13)8-6-4-3-5-7(6)10-9(11-8)17(2,14)15/h3-5H2,1-2H3. The Kier molecular flexibility index (Phi) is 2.74. The zero-order chi connectivity index (χ0) is 12.8. The number of aromatic nitrogens is 2. The van der Waals surface area contributed by atoms with Crippen LogP contribution in [0.5, 0.6) is 0 Å². The molecule has 0 unspecified atom stereocenters. The minimum Gasteiger partial charge on any atom is -0.223 e. The van der Waals surface area contributed by atoms with Gasteiger partial charge in [-0.15, -0.1) is 0 Å². The maximum Gasteiger partial charge on any atom is 0.248 e. The molecule has 94 valence electrons. The Bertz CT molecular complexity index is 677. The van der Waals surface area contributed by atoms with Crippen molar-refractivity contribution in [2.24, 2.45) is 0 Å². The van der Waals surface area contributed by atoms with Crippen LogP contribution in [0.4, 0.5) is 0 Å². The molecular formula is C9H12N2O4S2. The number of aryl methyl sites for hydroxylation is 1. The van der Waals surface area contributed by atoms with Gasteiger partial charge in [-0.3, -0.25) is 0 Å². The molecule has 0 bridgehead atoms. The quantitative estimate of drug-likeness (QED) is 0.547. The topological polar surface area (TPSA) is 94.1 Å². The van der Waals surface area contributed by atoms with Crippen LogP contribution >= 0.6 is 0 Å². The van der Waals surface area contributed by atoms with Crippen LogP contribution in [0, 0.1) is 0 Å². The van der Waals surface area contributed by atoms with Crippen LogP contribution in [0.15, 0.2) is 10.2 Å². The van der Waals surface area contributed by atoms with Gasteiger partial charge in [0.25, 0.3) is 0 Å². The predicted molar refractivity (Wildman–Crippen MR) is 60.3 cm³/mol. The van der Waals surface area contributed by atoms with Crippen molar-refractivity contribution < 1.29 is 16.8 Å². The third-order valence-corrected chi connectivity index (χ3v) is 4.44. The first kappa shape index (κ1) is 12.4. The maximum atomic E-state index is 11.6. The van der Waals surface area contributed by atoms with Crippen molar-refractivity contribution in [3.8, 4) is 0 Å². The highest BCUT2D eigenvalue weighted by Gasteiger charge is 2.27. The summed E-state index contributed by atoms with van der Waals surface area (Å²) in [4.78, 5) is 7.64. The minimum atomic E-state index is -3.59. The van der Waals surface area contributed by atoms with Crippen LogP contribution in [0.2, 0.25) is 0 Å². The van der Waals surface area contributed by atoms with E-state index in [1.165, 1.54) is 0 Å². The molecule has 0 saturated heterocycles. The van der Waals surface area contributed by atoms with Gasteiger partial charge in [0.05, 0.1) is 0 Å². The molecule has 0 N–H and O–H groups in total. The van der Waals surface area contributed by atoms with E-state index in [2.05, 4.69) is 9.97 Å². The SMILES string of the molecule is CS(=O)(=O)c1nc2c(c(S(C)(=O)=O)n1)CCC2. The maximum absolute atomic E-state index is 11.6. The van der Waals surface area contributed by atoms with Gasteiger partial charge in [0, 0.05) is 23.8 Å². The van der Waals surface area contributed by atoms with Crippen molar-refractivity contribution in [2.75, 3.05) is 12.5 Å². The molecule has 0 amide bonds. The molecule has 17 heavy (non-hydrogen) atoms. The van der Waals surface area contributed by atoms with E-state index in [9.17, 15) is 16.8 Å². The lowest BCUT2D eigenvalue weighted by molar-refractivity contribution is 0.582. The summed E-state index contributed by atoms with van der Waals surface area (Å²) in [6.07, 6.45) is 3.96. The summed E-state index contributed by atoms with van der Waals surface area (Å²) in [5.41, 5.74) is 1.11. The van der Waals surface area contributed by atoms with Crippen LogP contribution in [-0.2, 0) is 32.5 Å². The Morgan fingerprint density at radius 1 is 0.941 bits per heavy atom. The van der Waals surface area contributed by atoms with Gasteiger partial charge < -0.3 is 0 Å². The minimum absolute atomic E-state index is 0.138. The lowest BCUT2D eigenvalue weighted by Crippen LogP contribution is -2.13. The molecule has 0 spiro atoms. The summed E-state index contributed by atoms with van der Waals surface area (Å²) >= 11 is 0. The van der Waals surface area contributed by atoms with Gasteiger partial charge in [-0.1, -0.05) is 0 Å². The molecule has 0 aromatic carbocycles. The van der Waals surface area contributed by atoms with Crippen LogP contribution < -0.4 is 0 Å². The molecule has 0 atom stereocenters. The fourth-order valence-corrected chi connectivity index (χ4v) is 3.36. The van der Waals surface area contributed by atoms with E-state index in [4.69, 9.17) is 0 Å².